The summed E-state index contributed by atoms with van der Waals surface area (Å²) in [6.07, 6.45) is 2.43. The molecule has 1 aliphatic carbocycles. The summed E-state index contributed by atoms with van der Waals surface area (Å²) in [5.74, 6) is 0.421. The molecule has 2 rings (SSSR count). The highest BCUT2D eigenvalue weighted by Crippen LogP contribution is 2.34. The molecule has 1 N–H and O–H groups in total. The van der Waals surface area contributed by atoms with E-state index < -0.39 is 6.09 Å². The van der Waals surface area contributed by atoms with E-state index in [-0.39, 0.29) is 11.8 Å². The predicted octanol–water partition coefficient (Wildman–Crippen LogP) is 1.11. The molecule has 0 aromatic carbocycles. The van der Waals surface area contributed by atoms with E-state index in [1.54, 1.807) is 0 Å². The molecule has 4 heteroatoms. The van der Waals surface area contributed by atoms with E-state index >= 15 is 0 Å². The molecule has 0 spiro atoms. The average molecular weight is 183 g/mol. The third-order valence-electron chi connectivity index (χ3n) is 3.09. The van der Waals surface area contributed by atoms with Crippen LogP contribution < -0.4 is 0 Å². The third kappa shape index (κ3) is 1.30. The minimum absolute atomic E-state index is 0.118. The minimum atomic E-state index is -0.940. The molecule has 2 atom stereocenters. The lowest BCUT2D eigenvalue weighted by Crippen LogP contribution is -2.48. The molecule has 0 aromatic heterocycles. The van der Waals surface area contributed by atoms with E-state index in [4.69, 9.17) is 5.11 Å². The van der Waals surface area contributed by atoms with Gasteiger partial charge in [0.25, 0.3) is 0 Å². The Morgan fingerprint density at radius 1 is 1.46 bits per heavy atom. The van der Waals surface area contributed by atoms with Crippen LogP contribution >= 0.6 is 0 Å². The Kier molecular flexibility index (Phi) is 1.98. The molecule has 1 amide bonds. The van der Waals surface area contributed by atoms with Gasteiger partial charge in [0.2, 0.25) is 0 Å². The van der Waals surface area contributed by atoms with Gasteiger partial charge < -0.3 is 5.11 Å². The zero-order valence-electron chi connectivity index (χ0n) is 7.40. The van der Waals surface area contributed by atoms with Crippen molar-refractivity contribution in [3.8, 4) is 0 Å². The van der Waals surface area contributed by atoms with E-state index in [1.807, 2.05) is 0 Å². The first kappa shape index (κ1) is 8.53. The first-order valence-corrected chi connectivity index (χ1v) is 4.72. The van der Waals surface area contributed by atoms with E-state index in [0.717, 1.165) is 19.3 Å². The van der Waals surface area contributed by atoms with Gasteiger partial charge in [-0.15, -0.1) is 0 Å². The van der Waals surface area contributed by atoms with Crippen molar-refractivity contribution in [3.05, 3.63) is 0 Å². The minimum Gasteiger partial charge on any atom is -0.465 e. The van der Waals surface area contributed by atoms with Crippen molar-refractivity contribution in [3.63, 3.8) is 0 Å². The summed E-state index contributed by atoms with van der Waals surface area (Å²) in [6, 6.07) is -0.314. The van der Waals surface area contributed by atoms with Crippen molar-refractivity contribution in [1.29, 1.82) is 0 Å². The van der Waals surface area contributed by atoms with Gasteiger partial charge in [0, 0.05) is 13.0 Å². The number of nitrogens with zero attached hydrogens (tertiary/aromatic N) is 1. The quantitative estimate of drug-likeness (QED) is 0.612. The molecule has 0 unspecified atom stereocenters. The molecule has 2 aliphatic rings. The van der Waals surface area contributed by atoms with Crippen LogP contribution in [-0.2, 0) is 4.79 Å². The van der Waals surface area contributed by atoms with E-state index in [9.17, 15) is 9.59 Å². The van der Waals surface area contributed by atoms with Crippen LogP contribution in [0.3, 0.4) is 0 Å². The van der Waals surface area contributed by atoms with Gasteiger partial charge in [0.15, 0.2) is 5.78 Å². The van der Waals surface area contributed by atoms with Crippen LogP contribution in [0.4, 0.5) is 4.79 Å². The molecular formula is C9H13NO3. The van der Waals surface area contributed by atoms with Crippen LogP contribution in [0.15, 0.2) is 0 Å². The topological polar surface area (TPSA) is 57.6 Å². The first-order chi connectivity index (χ1) is 6.20. The number of hydrogen-bond acceptors (Lipinski definition) is 2. The fourth-order valence-electron chi connectivity index (χ4n) is 2.50. The molecule has 4 nitrogen and oxygen atoms in total. The maximum atomic E-state index is 11.4. The zero-order chi connectivity index (χ0) is 9.42. The number of piperidine rings is 1. The normalized spacial score (nSPS) is 33.2. The van der Waals surface area contributed by atoms with Gasteiger partial charge in [-0.25, -0.2) is 4.79 Å². The number of hydrogen-bond donors (Lipinski definition) is 1. The lowest BCUT2D eigenvalue weighted by Gasteiger charge is -2.34. The second-order valence-corrected chi connectivity index (χ2v) is 3.83. The Bertz CT molecular complexity index is 251. The van der Waals surface area contributed by atoms with Gasteiger partial charge in [-0.05, 0) is 25.2 Å². The lowest BCUT2D eigenvalue weighted by molar-refractivity contribution is -0.122. The maximum absolute atomic E-state index is 11.4. The van der Waals surface area contributed by atoms with Crippen LogP contribution in [0.25, 0.3) is 0 Å². The summed E-state index contributed by atoms with van der Waals surface area (Å²) in [5, 5.41) is 8.88. The largest absolute Gasteiger partial charge is 0.465 e. The molecule has 1 saturated heterocycles. The smallest absolute Gasteiger partial charge is 0.407 e. The number of ketones is 1. The second-order valence-electron chi connectivity index (χ2n) is 3.83. The predicted molar refractivity (Wildman–Crippen MR) is 45.5 cm³/mol. The molecule has 2 fully saturated rings. The van der Waals surface area contributed by atoms with Crippen molar-refractivity contribution in [2.45, 2.75) is 31.7 Å². The van der Waals surface area contributed by atoms with E-state index in [0.29, 0.717) is 18.9 Å². The summed E-state index contributed by atoms with van der Waals surface area (Å²) in [6.45, 7) is 0.530. The first-order valence-electron chi connectivity index (χ1n) is 4.72. The number of amides is 1. The number of Topliss-reactive ketones (excluding diaryl/α,β-unsaturated/α-hetero) is 1. The number of carbonyl (C=O) groups is 2. The van der Waals surface area contributed by atoms with Gasteiger partial charge in [-0.1, -0.05) is 0 Å². The second kappa shape index (κ2) is 3.01. The lowest BCUT2D eigenvalue weighted by atomic mass is 9.92. The monoisotopic (exact) mass is 183 g/mol. The maximum Gasteiger partial charge on any atom is 0.407 e. The summed E-state index contributed by atoms with van der Waals surface area (Å²) in [7, 11) is 0. The highest BCUT2D eigenvalue weighted by Gasteiger charge is 2.42. The fourth-order valence-corrected chi connectivity index (χ4v) is 2.50. The summed E-state index contributed by atoms with van der Waals surface area (Å²) in [5.41, 5.74) is 0. The molecule has 0 radical (unpaired) electrons. The van der Waals surface area contributed by atoms with Crippen molar-refractivity contribution in [1.82, 2.24) is 4.90 Å². The Labute approximate surface area is 76.5 Å². The van der Waals surface area contributed by atoms with E-state index in [2.05, 4.69) is 0 Å². The number of carbonyl (C=O) groups excluding carboxylic acids is 1. The number of fused-ring (bicyclic) bond motifs is 1. The highest BCUT2D eigenvalue weighted by atomic mass is 16.4. The van der Waals surface area contributed by atoms with Crippen LogP contribution in [0, 0.1) is 5.92 Å². The molecule has 1 heterocycles. The summed E-state index contributed by atoms with van der Waals surface area (Å²) in [4.78, 5) is 23.6. The molecule has 1 saturated carbocycles. The SMILES string of the molecule is O=C1CC[C@H]2CCCN(C(=O)O)[C@@H]12. The number of rotatable bonds is 0. The van der Waals surface area contributed by atoms with Gasteiger partial charge in [-0.2, -0.15) is 0 Å². The average Bonchev–Trinajstić information content (AvgIpc) is 2.48. The van der Waals surface area contributed by atoms with Gasteiger partial charge in [0.1, 0.15) is 0 Å². The van der Waals surface area contributed by atoms with Crippen molar-refractivity contribution >= 4 is 11.9 Å². The molecular weight excluding hydrogens is 170 g/mol. The summed E-state index contributed by atoms with van der Waals surface area (Å²) >= 11 is 0. The van der Waals surface area contributed by atoms with E-state index in [1.165, 1.54) is 4.90 Å². The Morgan fingerprint density at radius 3 is 2.92 bits per heavy atom. The number of carboxylic acid groups (broad SMARTS) is 1. The Balaban J connectivity index is 2.19. The van der Waals surface area contributed by atoms with Crippen LogP contribution in [0.2, 0.25) is 0 Å². The number of likely N-dealkylation sites (tertiary alicyclic amines) is 1. The fraction of sp³-hybridized carbons (Fsp3) is 0.778. The Morgan fingerprint density at radius 2 is 2.23 bits per heavy atom. The van der Waals surface area contributed by atoms with Crippen LogP contribution in [-0.4, -0.2) is 34.5 Å². The molecule has 0 aromatic rings. The van der Waals surface area contributed by atoms with Crippen molar-refractivity contribution < 1.29 is 14.7 Å². The highest BCUT2D eigenvalue weighted by molar-refractivity contribution is 5.89. The van der Waals surface area contributed by atoms with Crippen molar-refractivity contribution in [2.24, 2.45) is 5.92 Å². The van der Waals surface area contributed by atoms with Crippen molar-refractivity contribution in [2.75, 3.05) is 6.54 Å². The molecule has 72 valence electrons. The van der Waals surface area contributed by atoms with Crippen LogP contribution in [0.5, 0.6) is 0 Å². The third-order valence-corrected chi connectivity index (χ3v) is 3.09. The summed E-state index contributed by atoms with van der Waals surface area (Å²) < 4.78 is 0. The molecule has 0 bridgehead atoms. The van der Waals surface area contributed by atoms with Gasteiger partial charge in [0.05, 0.1) is 6.04 Å². The Hall–Kier alpha value is -1.06. The molecule has 13 heavy (non-hydrogen) atoms. The molecule has 1 aliphatic heterocycles. The standard InChI is InChI=1S/C9H13NO3/c11-7-4-3-6-2-1-5-10(8(6)7)9(12)13/h6,8H,1-5H2,(H,12,13)/t6-,8-/m1/s1. The zero-order valence-corrected chi connectivity index (χ0v) is 7.40. The van der Waals surface area contributed by atoms with Gasteiger partial charge in [-0.3, -0.25) is 9.69 Å². The van der Waals surface area contributed by atoms with Crippen LogP contribution in [0.1, 0.15) is 25.7 Å². The van der Waals surface area contributed by atoms with Gasteiger partial charge >= 0.3 is 6.09 Å².